The normalized spacial score (nSPS) is 10.1. The predicted molar refractivity (Wildman–Crippen MR) is 65.9 cm³/mol. The summed E-state index contributed by atoms with van der Waals surface area (Å²) in [5.41, 5.74) is 0.226. The van der Waals surface area contributed by atoms with E-state index in [4.69, 9.17) is 4.74 Å². The van der Waals surface area contributed by atoms with Crippen LogP contribution in [0.1, 0.15) is 20.0 Å². The fourth-order valence-corrected chi connectivity index (χ4v) is 2.01. The number of carbonyl (C=O) groups is 2. The third-order valence-corrected chi connectivity index (χ3v) is 3.16. The summed E-state index contributed by atoms with van der Waals surface area (Å²) in [5.74, 6) is -0.895. The number of halogens is 1. The highest BCUT2D eigenvalue weighted by Crippen LogP contribution is 2.18. The summed E-state index contributed by atoms with van der Waals surface area (Å²) in [5, 5.41) is 1.78. The lowest BCUT2D eigenvalue weighted by molar-refractivity contribution is 0.0922. The Balaban J connectivity index is 2.02. The van der Waals surface area contributed by atoms with E-state index >= 15 is 0 Å². The molecule has 0 fully saturated rings. The zero-order valence-corrected chi connectivity index (χ0v) is 10.1. The van der Waals surface area contributed by atoms with Crippen molar-refractivity contribution in [3.05, 3.63) is 52.0 Å². The quantitative estimate of drug-likeness (QED) is 0.616. The van der Waals surface area contributed by atoms with Gasteiger partial charge in [0.15, 0.2) is 18.2 Å². The second kappa shape index (κ2) is 5.55. The van der Waals surface area contributed by atoms with Crippen LogP contribution in [0.4, 0.5) is 4.39 Å². The molecule has 0 bridgehead atoms. The van der Waals surface area contributed by atoms with Gasteiger partial charge >= 0.3 is 0 Å². The first-order valence-electron chi connectivity index (χ1n) is 5.15. The van der Waals surface area contributed by atoms with Gasteiger partial charge in [-0.05, 0) is 29.6 Å². The van der Waals surface area contributed by atoms with Crippen LogP contribution in [0.3, 0.4) is 0 Å². The second-order valence-electron chi connectivity index (χ2n) is 3.50. The van der Waals surface area contributed by atoms with Crippen molar-refractivity contribution >= 4 is 23.4 Å². The molecule has 5 heteroatoms. The second-order valence-corrected chi connectivity index (χ2v) is 4.44. The van der Waals surface area contributed by atoms with Crippen LogP contribution >= 0.6 is 11.3 Å². The maximum atomic E-state index is 13.4. The molecule has 0 spiro atoms. The number of aldehydes is 1. The highest BCUT2D eigenvalue weighted by atomic mass is 32.1. The van der Waals surface area contributed by atoms with Gasteiger partial charge in [0.25, 0.3) is 0 Å². The fraction of sp³-hybridized carbons (Fsp3) is 0.0769. The Hall–Kier alpha value is -2.01. The number of hydrogen-bond donors (Lipinski definition) is 0. The largest absolute Gasteiger partial charge is 0.482 e. The summed E-state index contributed by atoms with van der Waals surface area (Å²) in [6, 6.07) is 7.28. The van der Waals surface area contributed by atoms with Gasteiger partial charge in [-0.25, -0.2) is 4.39 Å². The molecule has 0 N–H and O–H groups in total. The molecule has 18 heavy (non-hydrogen) atoms. The van der Waals surface area contributed by atoms with E-state index in [1.54, 1.807) is 17.5 Å². The molecular weight excluding hydrogens is 255 g/mol. The number of carbonyl (C=O) groups excluding carboxylic acids is 2. The Bertz CT molecular complexity index is 564. The van der Waals surface area contributed by atoms with Gasteiger partial charge in [0.1, 0.15) is 6.29 Å². The number of Topliss-reactive ketones (excluding diaryl/α,β-unsaturated/α-hetero) is 1. The summed E-state index contributed by atoms with van der Waals surface area (Å²) in [6.45, 7) is -0.224. The predicted octanol–water partition coefficient (Wildman–Crippen LogP) is 2.96. The minimum absolute atomic E-state index is 0.0366. The van der Waals surface area contributed by atoms with Crippen molar-refractivity contribution in [1.82, 2.24) is 0 Å². The fourth-order valence-electron chi connectivity index (χ4n) is 1.36. The first-order chi connectivity index (χ1) is 8.70. The smallest absolute Gasteiger partial charge is 0.210 e. The van der Waals surface area contributed by atoms with Gasteiger partial charge in [0.05, 0.1) is 4.88 Å². The molecule has 0 aliphatic rings. The molecule has 0 radical (unpaired) electrons. The van der Waals surface area contributed by atoms with Crippen molar-refractivity contribution < 1.29 is 18.7 Å². The van der Waals surface area contributed by atoms with Gasteiger partial charge in [-0.1, -0.05) is 6.07 Å². The van der Waals surface area contributed by atoms with E-state index in [1.165, 1.54) is 23.5 Å². The Morgan fingerprint density at radius 3 is 2.83 bits per heavy atom. The van der Waals surface area contributed by atoms with E-state index in [1.807, 2.05) is 0 Å². The minimum Gasteiger partial charge on any atom is -0.482 e. The number of ketones is 1. The Labute approximate surface area is 107 Å². The third kappa shape index (κ3) is 2.81. The summed E-state index contributed by atoms with van der Waals surface area (Å²) in [6.07, 6.45) is 0.545. The standard InChI is InChI=1S/C13H9FO3S/c14-10-6-9(7-15)3-4-12(10)17-8-11(16)13-2-1-5-18-13/h1-7H,8H2. The van der Waals surface area contributed by atoms with Crippen molar-refractivity contribution in [3.63, 3.8) is 0 Å². The molecule has 2 aromatic rings. The van der Waals surface area contributed by atoms with Crippen molar-refractivity contribution in [2.75, 3.05) is 6.61 Å². The minimum atomic E-state index is -0.654. The first-order valence-corrected chi connectivity index (χ1v) is 6.03. The molecule has 0 atom stereocenters. The average molecular weight is 264 g/mol. The zero-order valence-electron chi connectivity index (χ0n) is 9.26. The van der Waals surface area contributed by atoms with Crippen molar-refractivity contribution in [2.45, 2.75) is 0 Å². The van der Waals surface area contributed by atoms with Gasteiger partial charge < -0.3 is 4.74 Å². The molecule has 0 unspecified atom stereocenters. The number of thiophene rings is 1. The topological polar surface area (TPSA) is 43.4 Å². The van der Waals surface area contributed by atoms with E-state index in [2.05, 4.69) is 0 Å². The van der Waals surface area contributed by atoms with Crippen LogP contribution in [0.2, 0.25) is 0 Å². The van der Waals surface area contributed by atoms with Crippen molar-refractivity contribution in [3.8, 4) is 5.75 Å². The Morgan fingerprint density at radius 2 is 2.22 bits per heavy atom. The number of hydrogen-bond acceptors (Lipinski definition) is 4. The summed E-state index contributed by atoms with van der Waals surface area (Å²) in [4.78, 5) is 22.6. The summed E-state index contributed by atoms with van der Waals surface area (Å²) in [7, 11) is 0. The lowest BCUT2D eigenvalue weighted by Crippen LogP contribution is -2.10. The van der Waals surface area contributed by atoms with Crippen LogP contribution in [0.25, 0.3) is 0 Å². The lowest BCUT2D eigenvalue weighted by Gasteiger charge is -2.05. The van der Waals surface area contributed by atoms with Gasteiger partial charge in [-0.2, -0.15) is 0 Å². The van der Waals surface area contributed by atoms with Crippen molar-refractivity contribution in [2.24, 2.45) is 0 Å². The van der Waals surface area contributed by atoms with Crippen LogP contribution < -0.4 is 4.74 Å². The molecular formula is C13H9FO3S. The van der Waals surface area contributed by atoms with Crippen molar-refractivity contribution in [1.29, 1.82) is 0 Å². The highest BCUT2D eigenvalue weighted by Gasteiger charge is 2.10. The van der Waals surface area contributed by atoms with E-state index in [-0.39, 0.29) is 23.7 Å². The SMILES string of the molecule is O=Cc1ccc(OCC(=O)c2cccs2)c(F)c1. The molecule has 0 saturated heterocycles. The Morgan fingerprint density at radius 1 is 1.39 bits per heavy atom. The first kappa shape index (κ1) is 12.4. The van der Waals surface area contributed by atoms with Gasteiger partial charge in [0, 0.05) is 5.56 Å². The molecule has 3 nitrogen and oxygen atoms in total. The molecule has 1 aromatic heterocycles. The van der Waals surface area contributed by atoms with Gasteiger partial charge in [-0.3, -0.25) is 9.59 Å². The number of ether oxygens (including phenoxy) is 1. The van der Waals surface area contributed by atoms with E-state index in [0.717, 1.165) is 6.07 Å². The van der Waals surface area contributed by atoms with Crippen LogP contribution in [-0.4, -0.2) is 18.7 Å². The van der Waals surface area contributed by atoms with E-state index < -0.39 is 5.82 Å². The molecule has 1 aromatic carbocycles. The lowest BCUT2D eigenvalue weighted by atomic mass is 10.2. The third-order valence-electron chi connectivity index (χ3n) is 2.25. The molecule has 2 rings (SSSR count). The monoisotopic (exact) mass is 264 g/mol. The van der Waals surface area contributed by atoms with Crippen LogP contribution in [-0.2, 0) is 0 Å². The zero-order chi connectivity index (χ0) is 13.0. The molecule has 0 amide bonds. The number of rotatable bonds is 5. The highest BCUT2D eigenvalue weighted by molar-refractivity contribution is 7.12. The Kier molecular flexibility index (Phi) is 3.84. The van der Waals surface area contributed by atoms with Crippen LogP contribution in [0.15, 0.2) is 35.7 Å². The van der Waals surface area contributed by atoms with Crippen LogP contribution in [0.5, 0.6) is 5.75 Å². The molecule has 92 valence electrons. The van der Waals surface area contributed by atoms with Gasteiger partial charge in [-0.15, -0.1) is 11.3 Å². The molecule has 0 saturated carbocycles. The summed E-state index contributed by atoms with van der Waals surface area (Å²) < 4.78 is 18.5. The summed E-state index contributed by atoms with van der Waals surface area (Å²) >= 11 is 1.31. The molecule has 0 aliphatic carbocycles. The van der Waals surface area contributed by atoms with E-state index in [0.29, 0.717) is 11.2 Å². The average Bonchev–Trinajstić information content (AvgIpc) is 2.90. The molecule has 0 aliphatic heterocycles. The van der Waals surface area contributed by atoms with Crippen LogP contribution in [0, 0.1) is 5.82 Å². The maximum Gasteiger partial charge on any atom is 0.210 e. The number of benzene rings is 1. The maximum absolute atomic E-state index is 13.4. The molecule has 1 heterocycles. The van der Waals surface area contributed by atoms with E-state index in [9.17, 15) is 14.0 Å². The van der Waals surface area contributed by atoms with Gasteiger partial charge in [0.2, 0.25) is 5.78 Å².